The molecule has 1 amide bonds. The van der Waals surface area contributed by atoms with Gasteiger partial charge in [-0.2, -0.15) is 0 Å². The molecule has 2 aromatic rings. The van der Waals surface area contributed by atoms with Crippen molar-refractivity contribution in [3.8, 4) is 0 Å². The topological polar surface area (TPSA) is 85.6 Å². The third-order valence-corrected chi connectivity index (χ3v) is 3.76. The van der Waals surface area contributed by atoms with Crippen LogP contribution in [0, 0.1) is 0 Å². The molecule has 1 atom stereocenters. The first-order valence-electron chi connectivity index (χ1n) is 7.41. The molecular weight excluding hydrogens is 310 g/mol. The van der Waals surface area contributed by atoms with Gasteiger partial charge in [-0.25, -0.2) is 4.79 Å². The van der Waals surface area contributed by atoms with Crippen LogP contribution in [-0.2, 0) is 14.3 Å². The van der Waals surface area contributed by atoms with E-state index < -0.39 is 5.97 Å². The number of hydrogen-bond acceptors (Lipinski definition) is 5. The van der Waals surface area contributed by atoms with E-state index in [-0.39, 0.29) is 24.2 Å². The maximum atomic E-state index is 12.1. The summed E-state index contributed by atoms with van der Waals surface area (Å²) in [6.07, 6.45) is 4.14. The highest BCUT2D eigenvalue weighted by molar-refractivity contribution is 6.05. The van der Waals surface area contributed by atoms with Crippen molar-refractivity contribution in [2.45, 2.75) is 12.8 Å². The zero-order valence-electron chi connectivity index (χ0n) is 12.9. The van der Waals surface area contributed by atoms with Crippen molar-refractivity contribution in [1.29, 1.82) is 0 Å². The molecule has 2 heterocycles. The minimum Gasteiger partial charge on any atom is -0.465 e. The Balaban J connectivity index is 1.60. The van der Waals surface area contributed by atoms with Crippen LogP contribution in [0.5, 0.6) is 0 Å². The molecule has 0 unspecified atom stereocenters. The number of benzene rings is 1. The van der Waals surface area contributed by atoms with Gasteiger partial charge in [-0.3, -0.25) is 9.59 Å². The zero-order chi connectivity index (χ0) is 17.1. The van der Waals surface area contributed by atoms with Crippen LogP contribution in [0.2, 0.25) is 0 Å². The molecule has 0 radical (unpaired) electrons. The second kappa shape index (κ2) is 6.54. The molecule has 3 rings (SSSR count). The molecule has 1 aromatic carbocycles. The molecule has 1 aliphatic rings. The number of amides is 1. The van der Waals surface area contributed by atoms with Crippen molar-refractivity contribution in [3.63, 3.8) is 0 Å². The van der Waals surface area contributed by atoms with Crippen molar-refractivity contribution >= 4 is 29.4 Å². The van der Waals surface area contributed by atoms with E-state index in [1.807, 2.05) is 0 Å². The third kappa shape index (κ3) is 3.27. The molecule has 24 heavy (non-hydrogen) atoms. The van der Waals surface area contributed by atoms with Crippen LogP contribution < -0.4 is 5.32 Å². The second-order valence-corrected chi connectivity index (χ2v) is 5.39. The highest BCUT2D eigenvalue weighted by Crippen LogP contribution is 2.32. The van der Waals surface area contributed by atoms with Gasteiger partial charge in [0.15, 0.2) is 12.4 Å². The Morgan fingerprint density at radius 3 is 2.92 bits per heavy atom. The van der Waals surface area contributed by atoms with E-state index in [9.17, 15) is 14.4 Å². The lowest BCUT2D eigenvalue weighted by Gasteiger charge is -2.05. The number of nitrogens with one attached hydrogen (secondary N) is 1. The summed E-state index contributed by atoms with van der Waals surface area (Å²) in [6.45, 7) is 1.41. The van der Waals surface area contributed by atoms with Crippen LogP contribution in [-0.4, -0.2) is 24.3 Å². The van der Waals surface area contributed by atoms with Crippen molar-refractivity contribution < 1.29 is 23.5 Å². The minimum absolute atomic E-state index is 0.0934. The number of hydrogen-bond donors (Lipinski definition) is 1. The highest BCUT2D eigenvalue weighted by Gasteiger charge is 2.27. The minimum atomic E-state index is -0.633. The fourth-order valence-corrected chi connectivity index (χ4v) is 2.39. The molecule has 0 saturated carbocycles. The maximum Gasteiger partial charge on any atom is 0.331 e. The number of furan rings is 1. The Morgan fingerprint density at radius 2 is 2.17 bits per heavy atom. The van der Waals surface area contributed by atoms with E-state index in [1.165, 1.54) is 18.4 Å². The van der Waals surface area contributed by atoms with Crippen LogP contribution in [0.4, 0.5) is 5.69 Å². The van der Waals surface area contributed by atoms with Gasteiger partial charge < -0.3 is 14.5 Å². The number of carbonyl (C=O) groups excluding carboxylic acids is 3. The van der Waals surface area contributed by atoms with Gasteiger partial charge in [0.1, 0.15) is 5.76 Å². The molecule has 1 aromatic heterocycles. The van der Waals surface area contributed by atoms with E-state index in [0.717, 1.165) is 5.56 Å². The smallest absolute Gasteiger partial charge is 0.331 e. The zero-order valence-corrected chi connectivity index (χ0v) is 12.9. The third-order valence-electron chi connectivity index (χ3n) is 3.76. The van der Waals surface area contributed by atoms with Gasteiger partial charge in [-0.05, 0) is 48.9 Å². The van der Waals surface area contributed by atoms with Gasteiger partial charge in [0.05, 0.1) is 12.2 Å². The summed E-state index contributed by atoms with van der Waals surface area (Å²) in [6, 6.07) is 8.33. The molecule has 6 heteroatoms. The first kappa shape index (κ1) is 15.7. The first-order chi connectivity index (χ1) is 11.5. The average molecular weight is 325 g/mol. The van der Waals surface area contributed by atoms with Crippen LogP contribution in [0.1, 0.15) is 34.5 Å². The van der Waals surface area contributed by atoms with Crippen molar-refractivity contribution in [3.05, 3.63) is 59.6 Å². The summed E-state index contributed by atoms with van der Waals surface area (Å²) >= 11 is 0. The predicted octanol–water partition coefficient (Wildman–Crippen LogP) is 2.77. The molecule has 6 nitrogen and oxygen atoms in total. The Bertz CT molecular complexity index is 820. The maximum absolute atomic E-state index is 12.1. The van der Waals surface area contributed by atoms with Crippen LogP contribution in [0.15, 0.2) is 47.1 Å². The van der Waals surface area contributed by atoms with Gasteiger partial charge >= 0.3 is 5.97 Å². The number of ketones is 1. The number of carbonyl (C=O) groups is 3. The highest BCUT2D eigenvalue weighted by atomic mass is 16.5. The molecule has 0 fully saturated rings. The number of anilines is 1. The lowest BCUT2D eigenvalue weighted by Crippen LogP contribution is -2.12. The second-order valence-electron chi connectivity index (χ2n) is 5.39. The van der Waals surface area contributed by atoms with E-state index in [2.05, 4.69) is 5.32 Å². The van der Waals surface area contributed by atoms with E-state index in [4.69, 9.17) is 9.15 Å². The molecule has 122 valence electrons. The van der Waals surface area contributed by atoms with Gasteiger partial charge in [-0.15, -0.1) is 0 Å². The van der Waals surface area contributed by atoms with Crippen LogP contribution >= 0.6 is 0 Å². The molecule has 0 aliphatic carbocycles. The largest absolute Gasteiger partial charge is 0.465 e. The van der Waals surface area contributed by atoms with E-state index in [0.29, 0.717) is 17.0 Å². The summed E-state index contributed by atoms with van der Waals surface area (Å²) in [5.41, 5.74) is 1.89. The van der Waals surface area contributed by atoms with Gasteiger partial charge in [0, 0.05) is 17.3 Å². The SMILES string of the molecule is C[C@@H]1C(=O)Nc2ccc(C(=O)COC(=O)/C=C/c3ccco3)cc21. The predicted molar refractivity (Wildman–Crippen MR) is 86.5 cm³/mol. The Hall–Kier alpha value is -3.15. The summed E-state index contributed by atoms with van der Waals surface area (Å²) in [5, 5.41) is 2.74. The average Bonchev–Trinajstić information content (AvgIpc) is 3.19. The fraction of sp³-hybridized carbons (Fsp3) is 0.167. The fourth-order valence-electron chi connectivity index (χ4n) is 2.39. The number of fused-ring (bicyclic) bond motifs is 1. The number of rotatable bonds is 5. The molecule has 1 N–H and O–H groups in total. The van der Waals surface area contributed by atoms with E-state index >= 15 is 0 Å². The van der Waals surface area contributed by atoms with Gasteiger partial charge in [0.2, 0.25) is 5.91 Å². The van der Waals surface area contributed by atoms with Crippen LogP contribution in [0.25, 0.3) is 6.08 Å². The van der Waals surface area contributed by atoms with E-state index in [1.54, 1.807) is 37.3 Å². The Morgan fingerprint density at radius 1 is 1.33 bits per heavy atom. The monoisotopic (exact) mass is 325 g/mol. The van der Waals surface area contributed by atoms with Gasteiger partial charge in [-0.1, -0.05) is 0 Å². The molecular formula is C18H15NO5. The number of Topliss-reactive ketones (excluding diaryl/α,β-unsaturated/α-hetero) is 1. The van der Waals surface area contributed by atoms with Crippen molar-refractivity contribution in [1.82, 2.24) is 0 Å². The quantitative estimate of drug-likeness (QED) is 0.519. The Labute approximate surface area is 138 Å². The van der Waals surface area contributed by atoms with Crippen LogP contribution in [0.3, 0.4) is 0 Å². The summed E-state index contributed by atoms with van der Waals surface area (Å²) < 4.78 is 9.97. The standard InChI is InChI=1S/C18H15NO5/c1-11-14-9-12(4-6-15(14)19-18(11)22)16(20)10-24-17(21)7-5-13-3-2-8-23-13/h2-9,11H,10H2,1H3,(H,19,22)/b7-5+/t11-/m0/s1. The summed E-state index contributed by atoms with van der Waals surface area (Å²) in [5.74, 6) is -0.839. The lowest BCUT2D eigenvalue weighted by molar-refractivity contribution is -0.136. The molecule has 0 spiro atoms. The lowest BCUT2D eigenvalue weighted by atomic mass is 9.99. The molecule has 1 aliphatic heterocycles. The summed E-state index contributed by atoms with van der Waals surface area (Å²) in [7, 11) is 0. The molecule has 0 saturated heterocycles. The Kier molecular flexibility index (Phi) is 4.29. The van der Waals surface area contributed by atoms with Gasteiger partial charge in [0.25, 0.3) is 0 Å². The summed E-state index contributed by atoms with van der Waals surface area (Å²) in [4.78, 5) is 35.4. The first-order valence-corrected chi connectivity index (χ1v) is 7.41. The molecule has 0 bridgehead atoms. The van der Waals surface area contributed by atoms with Crippen molar-refractivity contribution in [2.75, 3.05) is 11.9 Å². The normalized spacial score (nSPS) is 16.0. The van der Waals surface area contributed by atoms with Crippen molar-refractivity contribution in [2.24, 2.45) is 0 Å². The number of ether oxygens (including phenoxy) is 1. The number of esters is 1.